The number of sulfone groups is 1. The Labute approximate surface area is 140 Å². The molecule has 1 fully saturated rings. The van der Waals surface area contributed by atoms with E-state index in [0.717, 1.165) is 5.69 Å². The van der Waals surface area contributed by atoms with E-state index < -0.39 is 15.1 Å². The van der Waals surface area contributed by atoms with Gasteiger partial charge in [-0.15, -0.1) is 0 Å². The Morgan fingerprint density at radius 1 is 1.38 bits per heavy atom. The fourth-order valence-electron chi connectivity index (χ4n) is 2.57. The molecule has 8 nitrogen and oxygen atoms in total. The van der Waals surface area contributed by atoms with Gasteiger partial charge < -0.3 is 4.90 Å². The quantitative estimate of drug-likeness (QED) is 0.879. The van der Waals surface area contributed by atoms with E-state index in [1.165, 1.54) is 4.90 Å². The minimum absolute atomic E-state index is 0.0138. The number of carbonyl (C=O) groups is 1. The van der Waals surface area contributed by atoms with Gasteiger partial charge >= 0.3 is 6.03 Å². The zero-order chi connectivity index (χ0) is 17.3. The van der Waals surface area contributed by atoms with Crippen LogP contribution in [0.4, 0.5) is 10.6 Å². The Bertz CT molecular complexity index is 847. The molecular weight excluding hydrogens is 330 g/mol. The van der Waals surface area contributed by atoms with Gasteiger partial charge in [0.2, 0.25) is 0 Å². The van der Waals surface area contributed by atoms with Crippen LogP contribution in [0.2, 0.25) is 0 Å². The standard InChI is InChI=1S/C15H19N5O3S/c1-11-9-14(20(18-11)13-5-3-4-6-16-13)17-15(21)19-7-8-24(22,23)12(2)10-19/h3-6,9,12H,7-8,10H2,1-2H3,(H,17,21). The predicted molar refractivity (Wildman–Crippen MR) is 89.9 cm³/mol. The van der Waals surface area contributed by atoms with Gasteiger partial charge in [-0.25, -0.2) is 18.2 Å². The summed E-state index contributed by atoms with van der Waals surface area (Å²) >= 11 is 0. The molecule has 2 aromatic heterocycles. The van der Waals surface area contributed by atoms with Gasteiger partial charge in [-0.2, -0.15) is 9.78 Å². The molecule has 0 aromatic carbocycles. The van der Waals surface area contributed by atoms with E-state index in [1.54, 1.807) is 36.0 Å². The number of carbonyl (C=O) groups excluding carboxylic acids is 1. The van der Waals surface area contributed by atoms with Crippen molar-refractivity contribution in [3.63, 3.8) is 0 Å². The number of pyridine rings is 1. The van der Waals surface area contributed by atoms with Gasteiger partial charge in [0.05, 0.1) is 16.7 Å². The fraction of sp³-hybridized carbons (Fsp3) is 0.400. The third-order valence-corrected chi connectivity index (χ3v) is 6.08. The van der Waals surface area contributed by atoms with Crippen molar-refractivity contribution in [2.45, 2.75) is 19.1 Å². The lowest BCUT2D eigenvalue weighted by Gasteiger charge is -2.30. The summed E-state index contributed by atoms with van der Waals surface area (Å²) < 4.78 is 25.1. The van der Waals surface area contributed by atoms with Crippen LogP contribution in [0.25, 0.3) is 5.82 Å². The second-order valence-corrected chi connectivity index (χ2v) is 8.36. The third kappa shape index (κ3) is 3.25. The van der Waals surface area contributed by atoms with Crippen LogP contribution in [0.15, 0.2) is 30.5 Å². The van der Waals surface area contributed by atoms with Crippen molar-refractivity contribution in [2.75, 3.05) is 24.2 Å². The maximum Gasteiger partial charge on any atom is 0.323 e. The molecule has 128 valence electrons. The molecule has 0 radical (unpaired) electrons. The van der Waals surface area contributed by atoms with Crippen molar-refractivity contribution in [1.82, 2.24) is 19.7 Å². The number of urea groups is 1. The molecule has 1 N–H and O–H groups in total. The highest BCUT2D eigenvalue weighted by molar-refractivity contribution is 7.92. The van der Waals surface area contributed by atoms with E-state index in [2.05, 4.69) is 15.4 Å². The number of anilines is 1. The number of aromatic nitrogens is 3. The molecule has 1 aliphatic rings. The van der Waals surface area contributed by atoms with Crippen molar-refractivity contribution in [2.24, 2.45) is 0 Å². The van der Waals surface area contributed by atoms with Crippen LogP contribution in [0.5, 0.6) is 0 Å². The van der Waals surface area contributed by atoms with E-state index in [-0.39, 0.29) is 24.9 Å². The molecule has 2 aromatic rings. The first-order chi connectivity index (χ1) is 11.4. The van der Waals surface area contributed by atoms with E-state index in [9.17, 15) is 13.2 Å². The number of hydrogen-bond acceptors (Lipinski definition) is 5. The van der Waals surface area contributed by atoms with Gasteiger partial charge in [-0.1, -0.05) is 6.07 Å². The van der Waals surface area contributed by atoms with E-state index >= 15 is 0 Å². The highest BCUT2D eigenvalue weighted by Crippen LogP contribution is 2.17. The fourth-order valence-corrected chi connectivity index (χ4v) is 3.85. The smallest absolute Gasteiger partial charge is 0.322 e. The van der Waals surface area contributed by atoms with E-state index in [1.807, 2.05) is 13.0 Å². The summed E-state index contributed by atoms with van der Waals surface area (Å²) in [6.45, 7) is 3.82. The molecule has 0 aliphatic carbocycles. The molecule has 1 aliphatic heterocycles. The van der Waals surface area contributed by atoms with Crippen LogP contribution < -0.4 is 5.32 Å². The Morgan fingerprint density at radius 3 is 2.83 bits per heavy atom. The molecule has 1 saturated heterocycles. The first-order valence-electron chi connectivity index (χ1n) is 7.62. The normalized spacial score (nSPS) is 19.9. The SMILES string of the molecule is Cc1cc(NC(=O)N2CCS(=O)(=O)C(C)C2)n(-c2ccccn2)n1. The Balaban J connectivity index is 1.79. The molecule has 3 rings (SSSR count). The molecule has 0 saturated carbocycles. The van der Waals surface area contributed by atoms with Gasteiger partial charge in [0.25, 0.3) is 0 Å². The number of aryl methyl sites for hydroxylation is 1. The zero-order valence-corrected chi connectivity index (χ0v) is 14.3. The average molecular weight is 349 g/mol. The lowest BCUT2D eigenvalue weighted by Crippen LogP contribution is -2.49. The van der Waals surface area contributed by atoms with Gasteiger partial charge in [-0.3, -0.25) is 5.32 Å². The number of nitrogens with one attached hydrogen (secondary N) is 1. The first-order valence-corrected chi connectivity index (χ1v) is 9.34. The van der Waals surface area contributed by atoms with Crippen molar-refractivity contribution < 1.29 is 13.2 Å². The third-order valence-electron chi connectivity index (χ3n) is 3.96. The van der Waals surface area contributed by atoms with Crippen molar-refractivity contribution in [1.29, 1.82) is 0 Å². The first kappa shape index (κ1) is 16.4. The van der Waals surface area contributed by atoms with Crippen LogP contribution in [0, 0.1) is 6.92 Å². The minimum Gasteiger partial charge on any atom is -0.322 e. The predicted octanol–water partition coefficient (Wildman–Crippen LogP) is 1.23. The Hall–Kier alpha value is -2.42. The lowest BCUT2D eigenvalue weighted by atomic mass is 10.4. The maximum atomic E-state index is 12.5. The molecule has 24 heavy (non-hydrogen) atoms. The van der Waals surface area contributed by atoms with E-state index in [4.69, 9.17) is 0 Å². The van der Waals surface area contributed by atoms with Gasteiger partial charge in [0, 0.05) is 25.4 Å². The molecule has 0 spiro atoms. The monoisotopic (exact) mass is 349 g/mol. The van der Waals surface area contributed by atoms with Crippen molar-refractivity contribution >= 4 is 21.7 Å². The van der Waals surface area contributed by atoms with Gasteiger partial charge in [0.15, 0.2) is 15.7 Å². The van der Waals surface area contributed by atoms with Crippen LogP contribution in [0.1, 0.15) is 12.6 Å². The molecule has 3 heterocycles. The van der Waals surface area contributed by atoms with Gasteiger partial charge in [0.1, 0.15) is 5.82 Å². The summed E-state index contributed by atoms with van der Waals surface area (Å²) in [7, 11) is -3.10. The second kappa shape index (κ2) is 6.23. The lowest BCUT2D eigenvalue weighted by molar-refractivity contribution is 0.212. The largest absolute Gasteiger partial charge is 0.323 e. The van der Waals surface area contributed by atoms with E-state index in [0.29, 0.717) is 11.6 Å². The second-order valence-electron chi connectivity index (χ2n) is 5.82. The summed E-state index contributed by atoms with van der Waals surface area (Å²) in [4.78, 5) is 18.2. The highest BCUT2D eigenvalue weighted by atomic mass is 32.2. The summed E-state index contributed by atoms with van der Waals surface area (Å²) in [5, 5.41) is 6.59. The number of amides is 2. The van der Waals surface area contributed by atoms with Gasteiger partial charge in [-0.05, 0) is 26.0 Å². The van der Waals surface area contributed by atoms with Crippen LogP contribution in [-0.2, 0) is 9.84 Å². The molecule has 1 atom stereocenters. The summed E-state index contributed by atoms with van der Waals surface area (Å²) in [5.74, 6) is 1.08. The molecule has 0 bridgehead atoms. The van der Waals surface area contributed by atoms with Crippen LogP contribution >= 0.6 is 0 Å². The Kier molecular flexibility index (Phi) is 4.27. The number of hydrogen-bond donors (Lipinski definition) is 1. The number of rotatable bonds is 2. The molecule has 9 heteroatoms. The number of nitrogens with zero attached hydrogens (tertiary/aromatic N) is 4. The minimum atomic E-state index is -3.10. The maximum absolute atomic E-state index is 12.5. The molecule has 2 amide bonds. The summed E-state index contributed by atoms with van der Waals surface area (Å²) in [5.41, 5.74) is 0.741. The topological polar surface area (TPSA) is 97.2 Å². The summed E-state index contributed by atoms with van der Waals surface area (Å²) in [6, 6.07) is 6.83. The van der Waals surface area contributed by atoms with Crippen LogP contribution in [-0.4, -0.2) is 58.2 Å². The van der Waals surface area contributed by atoms with Crippen molar-refractivity contribution in [3.05, 3.63) is 36.2 Å². The van der Waals surface area contributed by atoms with Crippen LogP contribution in [0.3, 0.4) is 0 Å². The average Bonchev–Trinajstić information content (AvgIpc) is 2.91. The van der Waals surface area contributed by atoms with Crippen molar-refractivity contribution in [3.8, 4) is 5.82 Å². The zero-order valence-electron chi connectivity index (χ0n) is 13.5. The summed E-state index contributed by atoms with van der Waals surface area (Å²) in [6.07, 6.45) is 1.65. The highest BCUT2D eigenvalue weighted by Gasteiger charge is 2.32. The Morgan fingerprint density at radius 2 is 2.17 bits per heavy atom. The molecular formula is C15H19N5O3S. The molecule has 1 unspecified atom stereocenters.